The van der Waals surface area contributed by atoms with E-state index < -0.39 is 60.3 Å². The highest BCUT2D eigenvalue weighted by molar-refractivity contribution is 5.83. The number of ether oxygens (including phenoxy) is 1. The molecule has 2 aliphatic rings. The standard InChI is InChI=1S/C27H29F6N3O4/c1-15-6-4-5-7-19(15)22-21-13-20(24(38)40-3)23(37)35(21)8-9-36(22)25(39)34(2)14-16-10-17(26(28,29)30)12-18(11-16)27(31,32)33/h4-7,10-12,20-22,24,38H,8-9,13-14H2,1-3H3. The largest absolute Gasteiger partial charge is 0.416 e. The lowest BCUT2D eigenvalue weighted by molar-refractivity contribution is -0.151. The zero-order valence-corrected chi connectivity index (χ0v) is 22.0. The summed E-state index contributed by atoms with van der Waals surface area (Å²) in [7, 11) is 2.57. The molecule has 40 heavy (non-hydrogen) atoms. The van der Waals surface area contributed by atoms with E-state index in [1.54, 1.807) is 23.1 Å². The van der Waals surface area contributed by atoms with E-state index in [9.17, 15) is 41.0 Å². The van der Waals surface area contributed by atoms with Crippen molar-refractivity contribution in [2.45, 2.75) is 50.6 Å². The molecule has 13 heteroatoms. The topological polar surface area (TPSA) is 73.3 Å². The Hall–Kier alpha value is -3.32. The number of fused-ring (bicyclic) bond motifs is 1. The first-order valence-electron chi connectivity index (χ1n) is 12.5. The fourth-order valence-electron chi connectivity index (χ4n) is 5.58. The molecule has 4 unspecified atom stereocenters. The molecule has 0 radical (unpaired) electrons. The van der Waals surface area contributed by atoms with E-state index in [-0.39, 0.29) is 37.0 Å². The summed E-state index contributed by atoms with van der Waals surface area (Å²) in [5.74, 6) is -1.16. The third-order valence-electron chi connectivity index (χ3n) is 7.51. The molecule has 2 aromatic rings. The summed E-state index contributed by atoms with van der Waals surface area (Å²) < 4.78 is 85.1. The van der Waals surface area contributed by atoms with Gasteiger partial charge in [0.15, 0.2) is 6.29 Å². The molecule has 4 atom stereocenters. The number of benzene rings is 2. The van der Waals surface area contributed by atoms with Gasteiger partial charge in [-0.25, -0.2) is 4.79 Å². The van der Waals surface area contributed by atoms with Gasteiger partial charge < -0.3 is 24.5 Å². The summed E-state index contributed by atoms with van der Waals surface area (Å²) in [6.07, 6.45) is -11.2. The van der Waals surface area contributed by atoms with Crippen LogP contribution in [0.4, 0.5) is 31.1 Å². The Morgan fingerprint density at radius 3 is 2.23 bits per heavy atom. The summed E-state index contributed by atoms with van der Waals surface area (Å²) in [4.78, 5) is 30.9. The van der Waals surface area contributed by atoms with Gasteiger partial charge in [0.2, 0.25) is 5.91 Å². The van der Waals surface area contributed by atoms with E-state index in [2.05, 4.69) is 0 Å². The minimum atomic E-state index is -5.01. The first-order valence-corrected chi connectivity index (χ1v) is 12.5. The van der Waals surface area contributed by atoms with Crippen molar-refractivity contribution < 1.29 is 45.8 Å². The third kappa shape index (κ3) is 5.75. The predicted molar refractivity (Wildman–Crippen MR) is 131 cm³/mol. The zero-order chi connectivity index (χ0) is 29.6. The van der Waals surface area contributed by atoms with Crippen LogP contribution in [0.25, 0.3) is 0 Å². The van der Waals surface area contributed by atoms with E-state index in [0.29, 0.717) is 12.1 Å². The lowest BCUT2D eigenvalue weighted by Crippen LogP contribution is -2.57. The highest BCUT2D eigenvalue weighted by Crippen LogP contribution is 2.42. The van der Waals surface area contributed by atoms with Gasteiger partial charge in [0.25, 0.3) is 0 Å². The Morgan fingerprint density at radius 1 is 1.07 bits per heavy atom. The van der Waals surface area contributed by atoms with E-state index in [1.165, 1.54) is 19.1 Å². The second kappa shape index (κ2) is 10.9. The number of urea groups is 1. The van der Waals surface area contributed by atoms with Gasteiger partial charge in [-0.3, -0.25) is 4.79 Å². The lowest BCUT2D eigenvalue weighted by atomic mass is 9.89. The number of hydrogen-bond donors (Lipinski definition) is 1. The minimum Gasteiger partial charge on any atom is -0.367 e. The van der Waals surface area contributed by atoms with E-state index in [4.69, 9.17) is 4.74 Å². The molecule has 0 aromatic heterocycles. The second-order valence-corrected chi connectivity index (χ2v) is 10.1. The van der Waals surface area contributed by atoms with Crippen molar-refractivity contribution in [1.29, 1.82) is 0 Å². The average molecular weight is 574 g/mol. The van der Waals surface area contributed by atoms with Crippen molar-refractivity contribution in [3.8, 4) is 0 Å². The Labute approximate surface area is 226 Å². The number of alkyl halides is 6. The minimum absolute atomic E-state index is 0.0424. The molecule has 2 aromatic carbocycles. The number of carbonyl (C=O) groups is 2. The van der Waals surface area contributed by atoms with Gasteiger partial charge in [-0.15, -0.1) is 0 Å². The average Bonchev–Trinajstić information content (AvgIpc) is 3.22. The fourth-order valence-corrected chi connectivity index (χ4v) is 5.58. The number of rotatable bonds is 5. The normalized spacial score (nSPS) is 22.4. The summed E-state index contributed by atoms with van der Waals surface area (Å²) in [5.41, 5.74) is -1.69. The number of carbonyl (C=O) groups excluding carboxylic acids is 2. The quantitative estimate of drug-likeness (QED) is 0.411. The first kappa shape index (κ1) is 29.7. The molecule has 0 aliphatic carbocycles. The van der Waals surface area contributed by atoms with Crippen LogP contribution in [0.1, 0.15) is 40.3 Å². The van der Waals surface area contributed by atoms with Gasteiger partial charge in [-0.1, -0.05) is 24.3 Å². The maximum atomic E-state index is 13.7. The molecule has 3 amide bonds. The van der Waals surface area contributed by atoms with Crippen LogP contribution in [0.15, 0.2) is 42.5 Å². The number of aryl methyl sites for hydroxylation is 1. The molecule has 218 valence electrons. The molecule has 2 saturated heterocycles. The molecule has 7 nitrogen and oxygen atoms in total. The smallest absolute Gasteiger partial charge is 0.367 e. The summed E-state index contributed by atoms with van der Waals surface area (Å²) in [6.45, 7) is 1.53. The molecule has 4 rings (SSSR count). The highest BCUT2D eigenvalue weighted by atomic mass is 19.4. The molecule has 1 N–H and O–H groups in total. The van der Waals surface area contributed by atoms with Crippen LogP contribution in [0.2, 0.25) is 0 Å². The third-order valence-corrected chi connectivity index (χ3v) is 7.51. The SMILES string of the molecule is COC(O)C1CC2C(c3ccccc3C)N(C(=O)N(C)Cc3cc(C(F)(F)F)cc(C(F)(F)F)c3)CCN2C1=O. The molecule has 0 spiro atoms. The van der Waals surface area contributed by atoms with Crippen molar-refractivity contribution in [3.63, 3.8) is 0 Å². The lowest BCUT2D eigenvalue weighted by Gasteiger charge is -2.46. The van der Waals surface area contributed by atoms with Gasteiger partial charge in [0, 0.05) is 33.8 Å². The van der Waals surface area contributed by atoms with Crippen molar-refractivity contribution in [2.24, 2.45) is 5.92 Å². The number of nitrogens with zero attached hydrogens (tertiary/aromatic N) is 3. The number of piperazine rings is 1. The Balaban J connectivity index is 1.67. The summed E-state index contributed by atoms with van der Waals surface area (Å²) in [5, 5.41) is 10.3. The van der Waals surface area contributed by atoms with Crippen LogP contribution >= 0.6 is 0 Å². The summed E-state index contributed by atoms with van der Waals surface area (Å²) in [6, 6.07) is 6.63. The van der Waals surface area contributed by atoms with Crippen LogP contribution < -0.4 is 0 Å². The van der Waals surface area contributed by atoms with Crippen LogP contribution in [-0.4, -0.2) is 71.3 Å². The van der Waals surface area contributed by atoms with E-state index >= 15 is 0 Å². The Morgan fingerprint density at radius 2 is 1.68 bits per heavy atom. The molecule has 2 fully saturated rings. The summed E-state index contributed by atoms with van der Waals surface area (Å²) >= 11 is 0. The molecular formula is C27H29F6N3O4. The maximum Gasteiger partial charge on any atom is 0.416 e. The Bertz CT molecular complexity index is 1240. The number of methoxy groups -OCH3 is 1. The first-order chi connectivity index (χ1) is 18.6. The maximum absolute atomic E-state index is 13.7. The molecule has 0 saturated carbocycles. The predicted octanol–water partition coefficient (Wildman–Crippen LogP) is 4.82. The van der Waals surface area contributed by atoms with Crippen molar-refractivity contribution in [1.82, 2.24) is 14.7 Å². The van der Waals surface area contributed by atoms with Gasteiger partial charge >= 0.3 is 18.4 Å². The molecular weight excluding hydrogens is 544 g/mol. The fraction of sp³-hybridized carbons (Fsp3) is 0.481. The monoisotopic (exact) mass is 573 g/mol. The van der Waals surface area contributed by atoms with E-state index in [0.717, 1.165) is 16.0 Å². The zero-order valence-electron chi connectivity index (χ0n) is 22.0. The number of halogens is 6. The van der Waals surface area contributed by atoms with Gasteiger partial charge in [-0.05, 0) is 48.2 Å². The second-order valence-electron chi connectivity index (χ2n) is 10.1. The van der Waals surface area contributed by atoms with Crippen LogP contribution in [0.3, 0.4) is 0 Å². The van der Waals surface area contributed by atoms with E-state index in [1.807, 2.05) is 13.0 Å². The Kier molecular flexibility index (Phi) is 8.10. The van der Waals surface area contributed by atoms with Gasteiger partial charge in [0.05, 0.1) is 29.1 Å². The number of aliphatic hydroxyl groups excluding tert-OH is 1. The van der Waals surface area contributed by atoms with Crippen LogP contribution in [0.5, 0.6) is 0 Å². The number of hydrogen-bond acceptors (Lipinski definition) is 4. The van der Waals surface area contributed by atoms with Crippen molar-refractivity contribution in [3.05, 3.63) is 70.3 Å². The van der Waals surface area contributed by atoms with Crippen LogP contribution in [-0.2, 0) is 28.4 Å². The van der Waals surface area contributed by atoms with Crippen LogP contribution in [0, 0.1) is 12.8 Å². The number of amides is 3. The molecule has 2 aliphatic heterocycles. The highest BCUT2D eigenvalue weighted by Gasteiger charge is 2.51. The van der Waals surface area contributed by atoms with Crippen molar-refractivity contribution in [2.75, 3.05) is 27.2 Å². The molecule has 0 bridgehead atoms. The van der Waals surface area contributed by atoms with Gasteiger partial charge in [0.1, 0.15) is 0 Å². The van der Waals surface area contributed by atoms with Crippen molar-refractivity contribution >= 4 is 11.9 Å². The number of aliphatic hydroxyl groups is 1. The van der Waals surface area contributed by atoms with Gasteiger partial charge in [-0.2, -0.15) is 26.3 Å². The molecule has 2 heterocycles.